The van der Waals surface area contributed by atoms with E-state index >= 15 is 0 Å². The molecule has 0 bridgehead atoms. The summed E-state index contributed by atoms with van der Waals surface area (Å²) in [5.41, 5.74) is 3.89. The summed E-state index contributed by atoms with van der Waals surface area (Å²) < 4.78 is 12.9. The van der Waals surface area contributed by atoms with Gasteiger partial charge in [0.05, 0.1) is 0 Å². The van der Waals surface area contributed by atoms with Gasteiger partial charge in [0.15, 0.2) is 11.6 Å². The maximum atomic E-state index is 12.9. The molecule has 1 atom stereocenters. The van der Waals surface area contributed by atoms with E-state index in [1.54, 1.807) is 0 Å². The zero-order chi connectivity index (χ0) is 10.9. The highest BCUT2D eigenvalue weighted by atomic mass is 19.1. The number of carboxylic acids is 1. The van der Waals surface area contributed by atoms with Gasteiger partial charge in [0.2, 0.25) is 0 Å². The van der Waals surface area contributed by atoms with Crippen molar-refractivity contribution in [3.8, 4) is 5.75 Å². The fourth-order valence-electron chi connectivity index (χ4n) is 0.953. The largest absolute Gasteiger partial charge is 0.505 e. The average molecular weight is 199 g/mol. The molecule has 0 saturated carbocycles. The fraction of sp³-hybridized carbons (Fsp3) is 0.222. The Balaban J connectivity index is 3.21. The fourth-order valence-corrected chi connectivity index (χ4v) is 0.953. The highest BCUT2D eigenvalue weighted by Gasteiger charge is 2.30. The molecule has 76 valence electrons. The SMILES string of the molecule is CC(N)(C(=O)O)c1ccc(O)c(F)c1. The van der Waals surface area contributed by atoms with Gasteiger partial charge in [-0.05, 0) is 24.6 Å². The summed E-state index contributed by atoms with van der Waals surface area (Å²) in [6.07, 6.45) is 0. The molecule has 1 aromatic carbocycles. The van der Waals surface area contributed by atoms with Crippen LogP contribution in [0.2, 0.25) is 0 Å². The molecule has 0 spiro atoms. The van der Waals surface area contributed by atoms with Gasteiger partial charge < -0.3 is 15.9 Å². The average Bonchev–Trinajstić information content (AvgIpc) is 2.09. The number of halogens is 1. The summed E-state index contributed by atoms with van der Waals surface area (Å²) in [5.74, 6) is -2.68. The number of benzene rings is 1. The Bertz CT molecular complexity index is 376. The van der Waals surface area contributed by atoms with Crippen LogP contribution in [-0.4, -0.2) is 16.2 Å². The number of rotatable bonds is 2. The van der Waals surface area contributed by atoms with Gasteiger partial charge >= 0.3 is 5.97 Å². The first kappa shape index (κ1) is 10.5. The Morgan fingerprint density at radius 3 is 2.57 bits per heavy atom. The molecule has 1 unspecified atom stereocenters. The molecule has 0 amide bonds. The lowest BCUT2D eigenvalue weighted by Gasteiger charge is -2.19. The third-order valence-electron chi connectivity index (χ3n) is 1.99. The molecule has 0 aliphatic rings. The van der Waals surface area contributed by atoms with Gasteiger partial charge in [-0.1, -0.05) is 6.07 Å². The third kappa shape index (κ3) is 1.67. The maximum Gasteiger partial charge on any atom is 0.328 e. The minimum absolute atomic E-state index is 0.0975. The van der Waals surface area contributed by atoms with E-state index in [4.69, 9.17) is 15.9 Å². The van der Waals surface area contributed by atoms with Crippen LogP contribution >= 0.6 is 0 Å². The van der Waals surface area contributed by atoms with Crippen LogP contribution in [0.1, 0.15) is 12.5 Å². The second kappa shape index (κ2) is 3.26. The van der Waals surface area contributed by atoms with E-state index in [0.29, 0.717) is 0 Å². The van der Waals surface area contributed by atoms with E-state index in [0.717, 1.165) is 12.1 Å². The van der Waals surface area contributed by atoms with Crippen molar-refractivity contribution in [1.82, 2.24) is 0 Å². The van der Waals surface area contributed by atoms with Crippen LogP contribution in [0.3, 0.4) is 0 Å². The number of nitrogens with two attached hydrogens (primary N) is 1. The Kier molecular flexibility index (Phi) is 2.44. The monoisotopic (exact) mass is 199 g/mol. The van der Waals surface area contributed by atoms with Gasteiger partial charge in [-0.2, -0.15) is 0 Å². The van der Waals surface area contributed by atoms with E-state index in [1.807, 2.05) is 0 Å². The van der Waals surface area contributed by atoms with Gasteiger partial charge in [-0.3, -0.25) is 0 Å². The lowest BCUT2D eigenvalue weighted by atomic mass is 9.93. The van der Waals surface area contributed by atoms with Gasteiger partial charge in [-0.15, -0.1) is 0 Å². The molecule has 0 saturated heterocycles. The summed E-state index contributed by atoms with van der Waals surface area (Å²) in [4.78, 5) is 10.7. The van der Waals surface area contributed by atoms with Crippen molar-refractivity contribution in [1.29, 1.82) is 0 Å². The first-order chi connectivity index (χ1) is 6.35. The van der Waals surface area contributed by atoms with Crippen LogP contribution in [0.25, 0.3) is 0 Å². The van der Waals surface area contributed by atoms with Crippen molar-refractivity contribution < 1.29 is 19.4 Å². The number of phenolic OH excluding ortho intramolecular Hbond substituents is 1. The van der Waals surface area contributed by atoms with Gasteiger partial charge in [0, 0.05) is 0 Å². The summed E-state index contributed by atoms with van der Waals surface area (Å²) in [7, 11) is 0. The quantitative estimate of drug-likeness (QED) is 0.657. The molecule has 0 aliphatic carbocycles. The molecule has 4 nitrogen and oxygen atoms in total. The standard InChI is InChI=1S/C9H10FNO3/c1-9(11,8(13)14)5-2-3-7(12)6(10)4-5/h2-4,12H,11H2,1H3,(H,13,14). The van der Waals surface area contributed by atoms with E-state index in [1.165, 1.54) is 13.0 Å². The zero-order valence-corrected chi connectivity index (χ0v) is 7.49. The molecule has 1 rings (SSSR count). The van der Waals surface area contributed by atoms with Crippen LogP contribution in [0, 0.1) is 5.82 Å². The summed E-state index contributed by atoms with van der Waals surface area (Å²) >= 11 is 0. The Labute approximate surface area is 79.8 Å². The molecule has 4 N–H and O–H groups in total. The maximum absolute atomic E-state index is 12.9. The van der Waals surface area contributed by atoms with Gasteiger partial charge in [-0.25, -0.2) is 9.18 Å². The minimum atomic E-state index is -1.66. The molecule has 5 heteroatoms. The third-order valence-corrected chi connectivity index (χ3v) is 1.99. The lowest BCUT2D eigenvalue weighted by Crippen LogP contribution is -2.41. The van der Waals surface area contributed by atoms with Crippen molar-refractivity contribution >= 4 is 5.97 Å². The van der Waals surface area contributed by atoms with E-state index in [2.05, 4.69) is 0 Å². The van der Waals surface area contributed by atoms with E-state index in [9.17, 15) is 9.18 Å². The molecule has 0 aromatic heterocycles. The van der Waals surface area contributed by atoms with Crippen LogP contribution in [0.15, 0.2) is 18.2 Å². The lowest BCUT2D eigenvalue weighted by molar-refractivity contribution is -0.143. The number of aromatic hydroxyl groups is 1. The highest BCUT2D eigenvalue weighted by Crippen LogP contribution is 2.23. The molecule has 0 radical (unpaired) electrons. The zero-order valence-electron chi connectivity index (χ0n) is 7.49. The highest BCUT2D eigenvalue weighted by molar-refractivity contribution is 5.79. The number of phenols is 1. The normalized spacial score (nSPS) is 14.8. The number of carboxylic acid groups (broad SMARTS) is 1. The first-order valence-corrected chi connectivity index (χ1v) is 3.87. The van der Waals surface area contributed by atoms with Crippen molar-refractivity contribution in [3.05, 3.63) is 29.6 Å². The number of hydrogen-bond donors (Lipinski definition) is 3. The minimum Gasteiger partial charge on any atom is -0.505 e. The Morgan fingerprint density at radius 1 is 1.57 bits per heavy atom. The molecular weight excluding hydrogens is 189 g/mol. The second-order valence-electron chi connectivity index (χ2n) is 3.17. The molecule has 0 heterocycles. The molecule has 1 aromatic rings. The smallest absolute Gasteiger partial charge is 0.328 e. The first-order valence-electron chi connectivity index (χ1n) is 3.87. The summed E-state index contributed by atoms with van der Waals surface area (Å²) in [5, 5.41) is 17.6. The van der Waals surface area contributed by atoms with Crippen LogP contribution in [-0.2, 0) is 10.3 Å². The predicted octanol–water partition coefficient (Wildman–Crippen LogP) is 0.790. The molecule has 0 fully saturated rings. The van der Waals surface area contributed by atoms with Gasteiger partial charge in [0.25, 0.3) is 0 Å². The van der Waals surface area contributed by atoms with Crippen LogP contribution in [0.5, 0.6) is 5.75 Å². The number of hydrogen-bond acceptors (Lipinski definition) is 3. The second-order valence-corrected chi connectivity index (χ2v) is 3.17. The van der Waals surface area contributed by atoms with Crippen molar-refractivity contribution in [3.63, 3.8) is 0 Å². The van der Waals surface area contributed by atoms with Crippen molar-refractivity contribution in [2.75, 3.05) is 0 Å². The number of carbonyl (C=O) groups is 1. The van der Waals surface area contributed by atoms with Crippen molar-refractivity contribution in [2.45, 2.75) is 12.5 Å². The van der Waals surface area contributed by atoms with Crippen LogP contribution < -0.4 is 5.73 Å². The molecule has 14 heavy (non-hydrogen) atoms. The topological polar surface area (TPSA) is 83.6 Å². The Hall–Kier alpha value is -1.62. The predicted molar refractivity (Wildman–Crippen MR) is 47.2 cm³/mol. The molecular formula is C9H10FNO3. The number of aliphatic carboxylic acids is 1. The van der Waals surface area contributed by atoms with E-state index in [-0.39, 0.29) is 5.56 Å². The van der Waals surface area contributed by atoms with Crippen molar-refractivity contribution in [2.24, 2.45) is 5.73 Å². The molecule has 0 aliphatic heterocycles. The Morgan fingerprint density at radius 2 is 2.14 bits per heavy atom. The van der Waals surface area contributed by atoms with E-state index < -0.39 is 23.1 Å². The van der Waals surface area contributed by atoms with Gasteiger partial charge in [0.1, 0.15) is 5.54 Å². The summed E-state index contributed by atoms with van der Waals surface area (Å²) in [6.45, 7) is 1.25. The van der Waals surface area contributed by atoms with Crippen LogP contribution in [0.4, 0.5) is 4.39 Å². The summed E-state index contributed by atoms with van der Waals surface area (Å²) in [6, 6.07) is 3.24.